The van der Waals surface area contributed by atoms with Crippen LogP contribution in [0.15, 0.2) is 0 Å². The lowest BCUT2D eigenvalue weighted by Gasteiger charge is -2.28. The zero-order valence-electron chi connectivity index (χ0n) is 7.04. The number of ether oxygens (including phenoxy) is 1. The van der Waals surface area contributed by atoms with Crippen molar-refractivity contribution >= 4 is 6.09 Å². The smallest absolute Gasteiger partial charge is 0.404 e. The molecule has 12 heavy (non-hydrogen) atoms. The Morgan fingerprint density at radius 3 is 3.08 bits per heavy atom. The molecule has 70 valence electrons. The van der Waals surface area contributed by atoms with Crippen molar-refractivity contribution in [1.29, 1.82) is 0 Å². The Labute approximate surface area is 71.1 Å². The highest BCUT2D eigenvalue weighted by Gasteiger charge is 2.21. The van der Waals surface area contributed by atoms with E-state index in [1.807, 2.05) is 0 Å². The van der Waals surface area contributed by atoms with Crippen LogP contribution in [0.4, 0.5) is 4.79 Å². The number of carboxylic acid groups (broad SMARTS) is 1. The van der Waals surface area contributed by atoms with Crippen molar-refractivity contribution in [2.45, 2.75) is 19.1 Å². The van der Waals surface area contributed by atoms with Crippen molar-refractivity contribution < 1.29 is 14.6 Å². The Morgan fingerprint density at radius 2 is 2.58 bits per heavy atom. The molecule has 5 heteroatoms. The van der Waals surface area contributed by atoms with Gasteiger partial charge in [0.2, 0.25) is 0 Å². The van der Waals surface area contributed by atoms with Gasteiger partial charge in [0.05, 0.1) is 18.8 Å². The van der Waals surface area contributed by atoms with E-state index in [9.17, 15) is 4.79 Å². The van der Waals surface area contributed by atoms with Crippen molar-refractivity contribution in [3.63, 3.8) is 0 Å². The van der Waals surface area contributed by atoms with Gasteiger partial charge in [0, 0.05) is 13.1 Å². The van der Waals surface area contributed by atoms with Gasteiger partial charge in [0.1, 0.15) is 0 Å². The van der Waals surface area contributed by atoms with Crippen molar-refractivity contribution in [3.8, 4) is 0 Å². The van der Waals surface area contributed by atoms with Crippen LogP contribution in [0.2, 0.25) is 0 Å². The minimum absolute atomic E-state index is 0.0464. The summed E-state index contributed by atoms with van der Waals surface area (Å²) in [5.41, 5.74) is 0. The molecule has 0 saturated carbocycles. The largest absolute Gasteiger partial charge is 0.465 e. The molecule has 1 amide bonds. The molecule has 0 spiro atoms. The second-order valence-corrected chi connectivity index (χ2v) is 2.85. The fourth-order valence-corrected chi connectivity index (χ4v) is 1.19. The summed E-state index contributed by atoms with van der Waals surface area (Å²) in [5.74, 6) is 0. The molecule has 0 aliphatic carbocycles. The Balaban J connectivity index is 2.29. The predicted octanol–water partition coefficient (Wildman–Crippen LogP) is -0.369. The summed E-state index contributed by atoms with van der Waals surface area (Å²) < 4.78 is 5.35. The highest BCUT2D eigenvalue weighted by molar-refractivity contribution is 5.64. The summed E-state index contributed by atoms with van der Waals surface area (Å²) in [6.45, 7) is 4.00. The maximum Gasteiger partial charge on any atom is 0.404 e. The molecular weight excluding hydrogens is 160 g/mol. The van der Waals surface area contributed by atoms with E-state index >= 15 is 0 Å². The molecule has 0 aromatic heterocycles. The van der Waals surface area contributed by atoms with Crippen LogP contribution in [0.1, 0.15) is 6.92 Å². The molecule has 5 nitrogen and oxygen atoms in total. The van der Waals surface area contributed by atoms with Gasteiger partial charge < -0.3 is 20.5 Å². The lowest BCUT2D eigenvalue weighted by Crippen LogP contribution is -2.50. The van der Waals surface area contributed by atoms with Gasteiger partial charge in [-0.25, -0.2) is 4.79 Å². The number of hydrogen-bond acceptors (Lipinski definition) is 3. The first kappa shape index (κ1) is 9.28. The molecular formula is C7H14N2O3. The van der Waals surface area contributed by atoms with Gasteiger partial charge in [-0.3, -0.25) is 0 Å². The van der Waals surface area contributed by atoms with Crippen LogP contribution in [-0.4, -0.2) is 43.0 Å². The summed E-state index contributed by atoms with van der Waals surface area (Å²) in [4.78, 5) is 10.3. The molecule has 0 bridgehead atoms. The molecule has 3 N–H and O–H groups in total. The summed E-state index contributed by atoms with van der Waals surface area (Å²) in [6, 6.07) is -0.157. The van der Waals surface area contributed by atoms with Gasteiger partial charge in [-0.05, 0) is 6.92 Å². The fourth-order valence-electron chi connectivity index (χ4n) is 1.19. The zero-order chi connectivity index (χ0) is 8.97. The topological polar surface area (TPSA) is 70.6 Å². The van der Waals surface area contributed by atoms with Crippen LogP contribution >= 0.6 is 0 Å². The summed E-state index contributed by atoms with van der Waals surface area (Å²) in [5, 5.41) is 13.9. The molecule has 1 rings (SSSR count). The van der Waals surface area contributed by atoms with Crippen molar-refractivity contribution in [3.05, 3.63) is 0 Å². The maximum absolute atomic E-state index is 10.3. The first-order valence-corrected chi connectivity index (χ1v) is 4.02. The monoisotopic (exact) mass is 174 g/mol. The fraction of sp³-hybridized carbons (Fsp3) is 0.857. The van der Waals surface area contributed by atoms with E-state index < -0.39 is 6.09 Å². The average Bonchev–Trinajstić information content (AvgIpc) is 2.05. The molecule has 1 aliphatic rings. The Bertz CT molecular complexity index is 157. The van der Waals surface area contributed by atoms with E-state index in [4.69, 9.17) is 9.84 Å². The number of rotatable bonds is 2. The van der Waals surface area contributed by atoms with E-state index in [1.165, 1.54) is 0 Å². The second kappa shape index (κ2) is 4.27. The quantitative estimate of drug-likeness (QED) is 0.534. The van der Waals surface area contributed by atoms with Crippen molar-refractivity contribution in [2.24, 2.45) is 0 Å². The van der Waals surface area contributed by atoms with Gasteiger partial charge in [-0.1, -0.05) is 0 Å². The Hall–Kier alpha value is -0.810. The van der Waals surface area contributed by atoms with Crippen LogP contribution in [0.5, 0.6) is 0 Å². The molecule has 1 fully saturated rings. The van der Waals surface area contributed by atoms with E-state index in [0.29, 0.717) is 13.2 Å². The van der Waals surface area contributed by atoms with Crippen LogP contribution < -0.4 is 10.6 Å². The predicted molar refractivity (Wildman–Crippen MR) is 43.2 cm³/mol. The van der Waals surface area contributed by atoms with Crippen LogP contribution in [0.25, 0.3) is 0 Å². The molecule has 2 atom stereocenters. The van der Waals surface area contributed by atoms with E-state index in [2.05, 4.69) is 10.6 Å². The van der Waals surface area contributed by atoms with E-state index in [-0.39, 0.29) is 12.1 Å². The number of nitrogens with one attached hydrogen (secondary N) is 2. The Morgan fingerprint density at radius 1 is 1.83 bits per heavy atom. The third-order valence-corrected chi connectivity index (χ3v) is 1.87. The number of amides is 1. The molecule has 0 radical (unpaired) electrons. The normalized spacial score (nSPS) is 26.2. The first-order chi connectivity index (χ1) is 5.70. The van der Waals surface area contributed by atoms with Gasteiger partial charge in [0.15, 0.2) is 0 Å². The third kappa shape index (κ3) is 2.67. The lowest BCUT2D eigenvalue weighted by molar-refractivity contribution is 0.00907. The molecule has 0 aromatic rings. The van der Waals surface area contributed by atoms with Gasteiger partial charge >= 0.3 is 6.09 Å². The average molecular weight is 174 g/mol. The van der Waals surface area contributed by atoms with Crippen molar-refractivity contribution in [1.82, 2.24) is 10.6 Å². The number of morpholine rings is 1. The standard InChI is InChI=1S/C7H14N2O3/c1-5(9-7(10)11)6-4-8-2-3-12-6/h5-6,8-9H,2-4H2,1H3,(H,10,11). The Kier molecular flexibility index (Phi) is 3.31. The zero-order valence-corrected chi connectivity index (χ0v) is 7.04. The second-order valence-electron chi connectivity index (χ2n) is 2.85. The highest BCUT2D eigenvalue weighted by Crippen LogP contribution is 2.01. The van der Waals surface area contributed by atoms with Crippen molar-refractivity contribution in [2.75, 3.05) is 19.7 Å². The molecule has 2 unspecified atom stereocenters. The van der Waals surface area contributed by atoms with E-state index in [1.54, 1.807) is 6.92 Å². The highest BCUT2D eigenvalue weighted by atomic mass is 16.5. The van der Waals surface area contributed by atoms with Crippen LogP contribution in [-0.2, 0) is 4.74 Å². The summed E-state index contributed by atoms with van der Waals surface area (Å²) in [6.07, 6.45) is -1.05. The maximum atomic E-state index is 10.3. The molecule has 1 aliphatic heterocycles. The minimum Gasteiger partial charge on any atom is -0.465 e. The van der Waals surface area contributed by atoms with Gasteiger partial charge in [-0.15, -0.1) is 0 Å². The molecule has 1 heterocycles. The lowest BCUT2D eigenvalue weighted by atomic mass is 10.1. The number of carbonyl (C=O) groups is 1. The SMILES string of the molecule is CC(NC(=O)O)C1CNCCO1. The van der Waals surface area contributed by atoms with E-state index in [0.717, 1.165) is 6.54 Å². The van der Waals surface area contributed by atoms with Crippen LogP contribution in [0.3, 0.4) is 0 Å². The summed E-state index contributed by atoms with van der Waals surface area (Å²) in [7, 11) is 0. The summed E-state index contributed by atoms with van der Waals surface area (Å²) >= 11 is 0. The third-order valence-electron chi connectivity index (χ3n) is 1.87. The number of hydrogen-bond donors (Lipinski definition) is 3. The van der Waals surface area contributed by atoms with Gasteiger partial charge in [-0.2, -0.15) is 0 Å². The first-order valence-electron chi connectivity index (χ1n) is 4.02. The van der Waals surface area contributed by atoms with Gasteiger partial charge in [0.25, 0.3) is 0 Å². The molecule has 0 aromatic carbocycles. The molecule has 1 saturated heterocycles. The minimum atomic E-state index is -1.00. The van der Waals surface area contributed by atoms with Crippen LogP contribution in [0, 0.1) is 0 Å².